The number of carbonyl (C=O) groups is 3. The van der Waals surface area contributed by atoms with E-state index in [0.717, 1.165) is 10.0 Å². The van der Waals surface area contributed by atoms with E-state index in [-0.39, 0.29) is 48.1 Å². The number of likely N-dealkylation sites (N-methyl/N-ethyl adjacent to an activating group) is 1. The van der Waals surface area contributed by atoms with Crippen LogP contribution in [0.5, 0.6) is 5.75 Å². The first-order chi connectivity index (χ1) is 19.9. The zero-order valence-corrected chi connectivity index (χ0v) is 25.0. The fourth-order valence-electron chi connectivity index (χ4n) is 6.60. The molecule has 0 saturated heterocycles. The molecule has 0 aromatic heterocycles. The van der Waals surface area contributed by atoms with Crippen LogP contribution in [0.4, 0.5) is 11.4 Å². The molecule has 3 aliphatic rings. The summed E-state index contributed by atoms with van der Waals surface area (Å²) >= 11 is 0. The van der Waals surface area contributed by atoms with Crippen molar-refractivity contribution in [3.8, 4) is 5.75 Å². The van der Waals surface area contributed by atoms with Gasteiger partial charge in [-0.25, -0.2) is 16.7 Å². The van der Waals surface area contributed by atoms with Crippen molar-refractivity contribution in [1.29, 1.82) is 5.41 Å². The number of primary amides is 1. The minimum Gasteiger partial charge on any atom is -0.510 e. The van der Waals surface area contributed by atoms with Gasteiger partial charge in [-0.2, -0.15) is 0 Å². The summed E-state index contributed by atoms with van der Waals surface area (Å²) in [6.07, 6.45) is 0.0699. The summed E-state index contributed by atoms with van der Waals surface area (Å²) in [6.45, 7) is 4.07. The Kier molecular flexibility index (Phi) is 7.99. The number of rotatable bonds is 6. The van der Waals surface area contributed by atoms with Crippen molar-refractivity contribution < 1.29 is 34.8 Å². The van der Waals surface area contributed by atoms with Crippen molar-refractivity contribution in [3.63, 3.8) is 0 Å². The number of amides is 1. The lowest BCUT2D eigenvalue weighted by molar-refractivity contribution is -0.148. The van der Waals surface area contributed by atoms with E-state index in [2.05, 4.69) is 0 Å². The zero-order valence-electron chi connectivity index (χ0n) is 25.0. The third-order valence-corrected chi connectivity index (χ3v) is 8.48. The maximum Gasteiger partial charge on any atom is 0.255 e. The Morgan fingerprint density at radius 1 is 1.12 bits per heavy atom. The van der Waals surface area contributed by atoms with Crippen LogP contribution in [0.15, 0.2) is 28.7 Å². The molecule has 0 saturated carbocycles. The summed E-state index contributed by atoms with van der Waals surface area (Å²) in [7, 11) is 6.58. The van der Waals surface area contributed by atoms with Crippen LogP contribution >= 0.6 is 0 Å². The third-order valence-electron chi connectivity index (χ3n) is 8.48. The Morgan fingerprint density at radius 2 is 1.72 bits per heavy atom. The van der Waals surface area contributed by atoms with Crippen molar-refractivity contribution in [1.82, 2.24) is 9.91 Å². The average Bonchev–Trinajstić information content (AvgIpc) is 2.89. The molecule has 15 nitrogen and oxygen atoms in total. The topological polar surface area (TPSA) is 247 Å². The van der Waals surface area contributed by atoms with Gasteiger partial charge in [0.1, 0.15) is 22.8 Å². The predicted molar refractivity (Wildman–Crippen MR) is 158 cm³/mol. The van der Waals surface area contributed by atoms with E-state index in [1.807, 2.05) is 13.8 Å². The molecule has 0 bridgehead atoms. The molecule has 1 aromatic carbocycles. The van der Waals surface area contributed by atoms with Crippen molar-refractivity contribution in [3.05, 3.63) is 39.9 Å². The molecular weight excluding hydrogens is 560 g/mol. The Balaban J connectivity index is 1.93. The summed E-state index contributed by atoms with van der Waals surface area (Å²) in [5.41, 5.74) is 2.05. The number of hydrogen-bond acceptors (Lipinski definition) is 12. The van der Waals surface area contributed by atoms with Crippen LogP contribution in [0.25, 0.3) is 0 Å². The van der Waals surface area contributed by atoms with Crippen molar-refractivity contribution >= 4 is 34.8 Å². The molecule has 11 N–H and O–H groups in total. The molecule has 1 amide bonds. The number of phenolic OH excluding ortho intramolecular Hbond substituents is 1. The molecule has 0 unspecified atom stereocenters. The van der Waals surface area contributed by atoms with E-state index < -0.39 is 63.8 Å². The van der Waals surface area contributed by atoms with Crippen molar-refractivity contribution in [2.75, 3.05) is 44.6 Å². The summed E-state index contributed by atoms with van der Waals surface area (Å²) in [5, 5.41) is 56.1. The van der Waals surface area contributed by atoms with E-state index in [4.69, 9.17) is 22.8 Å². The van der Waals surface area contributed by atoms with Gasteiger partial charge in [0.15, 0.2) is 17.1 Å². The average molecular weight is 601 g/mol. The zero-order chi connectivity index (χ0) is 32.5. The number of aliphatic hydroxyl groups excluding tert-OH is 2. The number of hydrogen-bond donors (Lipinski definition) is 8. The molecule has 0 radical (unpaired) electrons. The first-order valence-electron chi connectivity index (χ1n) is 13.7. The van der Waals surface area contributed by atoms with E-state index in [1.165, 1.54) is 11.0 Å². The molecule has 4 rings (SSSR count). The normalized spacial score (nSPS) is 25.0. The molecule has 1 aromatic rings. The Labute approximate surface area is 248 Å². The standard InChI is InChI=1S/C28H40N8O7/c1-11(2)10-35(31)27(30)36(32)16-9-15(33(3)4)13-7-12-8-14-20(34(5)6)23(39)19(26(29)42)25(41)28(14,43)24(40)17(12)22(38)18(13)21(16)37/h9,11-12,14,20,30,37,39-40,43H,7-8,10,31-32H2,1-6H3,(H2,29,42)/t12-,14-,20-,28-/m0/s1. The summed E-state index contributed by atoms with van der Waals surface area (Å²) in [5.74, 6) is 4.44. The second kappa shape index (κ2) is 10.8. The van der Waals surface area contributed by atoms with Crippen LogP contribution in [0.2, 0.25) is 0 Å². The van der Waals surface area contributed by atoms with Gasteiger partial charge in [-0.05, 0) is 50.4 Å². The Hall–Kier alpha value is -4.18. The Morgan fingerprint density at radius 3 is 2.23 bits per heavy atom. The van der Waals surface area contributed by atoms with Crippen LogP contribution in [-0.4, -0.2) is 100 Å². The quantitative estimate of drug-likeness (QED) is 0.0683. The van der Waals surface area contributed by atoms with Gasteiger partial charge < -0.3 is 31.1 Å². The summed E-state index contributed by atoms with van der Waals surface area (Å²) in [4.78, 5) is 43.1. The van der Waals surface area contributed by atoms with Crippen molar-refractivity contribution in [2.45, 2.75) is 38.3 Å². The lowest BCUT2D eigenvalue weighted by Crippen LogP contribution is -2.63. The van der Waals surface area contributed by atoms with Gasteiger partial charge >= 0.3 is 0 Å². The fourth-order valence-corrected chi connectivity index (χ4v) is 6.60. The van der Waals surface area contributed by atoms with Crippen LogP contribution < -0.4 is 27.3 Å². The second-order valence-electron chi connectivity index (χ2n) is 12.2. The molecule has 0 fully saturated rings. The summed E-state index contributed by atoms with van der Waals surface area (Å²) in [6, 6.07) is 0.435. The number of nitrogens with two attached hydrogens (primary N) is 3. The first kappa shape index (κ1) is 31.7. The van der Waals surface area contributed by atoms with Crippen LogP contribution in [-0.2, 0) is 16.0 Å². The molecule has 0 aliphatic heterocycles. The molecule has 4 atom stereocenters. The van der Waals surface area contributed by atoms with Gasteiger partial charge in [-0.3, -0.25) is 29.7 Å². The number of fused-ring (bicyclic) bond motifs is 3. The van der Waals surface area contributed by atoms with Gasteiger partial charge in [-0.15, -0.1) is 0 Å². The molecule has 3 aliphatic carbocycles. The SMILES string of the molecule is CC(C)CN(N)C(=N)N(N)c1cc(N(C)C)c2c(c1O)C(=O)C1=C(O)[C@]3(O)C(=O)C(C(N)=O)=C(O)[C@@H](N(C)C)[C@@H]3C[C@@H]1C2. The number of nitrogens with one attached hydrogen (secondary N) is 1. The van der Waals surface area contributed by atoms with E-state index in [1.54, 1.807) is 33.1 Å². The van der Waals surface area contributed by atoms with Crippen molar-refractivity contribution in [2.24, 2.45) is 35.2 Å². The first-order valence-corrected chi connectivity index (χ1v) is 13.7. The van der Waals surface area contributed by atoms with Gasteiger partial charge in [0, 0.05) is 37.8 Å². The molecule has 0 spiro atoms. The lowest BCUT2D eigenvalue weighted by Gasteiger charge is -2.50. The number of aromatic hydroxyl groups is 1. The van der Waals surface area contributed by atoms with Crippen LogP contribution in [0.1, 0.15) is 36.2 Å². The number of aliphatic hydroxyl groups is 3. The molecule has 234 valence electrons. The maximum atomic E-state index is 14.2. The highest BCUT2D eigenvalue weighted by Crippen LogP contribution is 2.54. The van der Waals surface area contributed by atoms with Gasteiger partial charge in [0.2, 0.25) is 11.7 Å². The number of nitrogens with zero attached hydrogens (tertiary/aromatic N) is 4. The van der Waals surface area contributed by atoms with Crippen LogP contribution in [0, 0.1) is 23.2 Å². The van der Waals surface area contributed by atoms with E-state index in [9.17, 15) is 34.8 Å². The molecule has 0 heterocycles. The number of benzene rings is 1. The smallest absolute Gasteiger partial charge is 0.255 e. The van der Waals surface area contributed by atoms with Gasteiger partial charge in [-0.1, -0.05) is 13.8 Å². The Bertz CT molecular complexity index is 1480. The number of allylic oxidation sites excluding steroid dienone is 1. The number of phenols is 1. The number of anilines is 2. The molecule has 15 heteroatoms. The maximum absolute atomic E-state index is 14.2. The highest BCUT2D eigenvalue weighted by atomic mass is 16.3. The largest absolute Gasteiger partial charge is 0.510 e. The fraction of sp³-hybridized carbons (Fsp3) is 0.500. The minimum absolute atomic E-state index is 0.0356. The number of carbonyl (C=O) groups excluding carboxylic acids is 3. The summed E-state index contributed by atoms with van der Waals surface area (Å²) < 4.78 is 0. The van der Waals surface area contributed by atoms with Crippen LogP contribution in [0.3, 0.4) is 0 Å². The number of ketones is 2. The van der Waals surface area contributed by atoms with Gasteiger partial charge in [0.05, 0.1) is 11.6 Å². The molecular formula is C28H40N8O7. The van der Waals surface area contributed by atoms with E-state index >= 15 is 0 Å². The lowest BCUT2D eigenvalue weighted by atomic mass is 9.58. The molecule has 43 heavy (non-hydrogen) atoms. The predicted octanol–water partition coefficient (Wildman–Crippen LogP) is -0.367. The highest BCUT2D eigenvalue weighted by molar-refractivity contribution is 6.25. The number of Topliss-reactive ketones (excluding diaryl/α,β-unsaturated/α-hetero) is 2. The third kappa shape index (κ3) is 4.68. The monoisotopic (exact) mass is 600 g/mol. The number of hydrazine groups is 2. The number of guanidine groups is 1. The minimum atomic E-state index is -2.75. The second-order valence-corrected chi connectivity index (χ2v) is 12.2. The van der Waals surface area contributed by atoms with Gasteiger partial charge in [0.25, 0.3) is 5.91 Å². The van der Waals surface area contributed by atoms with E-state index in [0.29, 0.717) is 11.3 Å². The highest BCUT2D eigenvalue weighted by Gasteiger charge is 2.63.